The molecule has 0 aromatic heterocycles. The van der Waals surface area contributed by atoms with Gasteiger partial charge in [0, 0.05) is 0 Å². The largest absolute Gasteiger partial charge is 0.497 e. The van der Waals surface area contributed by atoms with Crippen molar-refractivity contribution in [3.8, 4) is 5.75 Å². The summed E-state index contributed by atoms with van der Waals surface area (Å²) in [4.78, 5) is 11.6. The van der Waals surface area contributed by atoms with Crippen molar-refractivity contribution in [2.75, 3.05) is 13.7 Å². The van der Waals surface area contributed by atoms with Gasteiger partial charge in [0.25, 0.3) is 0 Å². The Hall–Kier alpha value is -1.81. The highest BCUT2D eigenvalue weighted by molar-refractivity contribution is 5.74. The molecule has 0 heterocycles. The Bertz CT molecular complexity index is 401. The average molecular weight is 250 g/mol. The number of ether oxygens (including phenoxy) is 3. The van der Waals surface area contributed by atoms with E-state index in [1.807, 2.05) is 24.3 Å². The van der Waals surface area contributed by atoms with Gasteiger partial charge in [-0.15, -0.1) is 6.58 Å². The van der Waals surface area contributed by atoms with Crippen molar-refractivity contribution >= 4 is 5.97 Å². The summed E-state index contributed by atoms with van der Waals surface area (Å²) < 4.78 is 15.4. The van der Waals surface area contributed by atoms with Crippen LogP contribution in [0.3, 0.4) is 0 Å². The van der Waals surface area contributed by atoms with Crippen molar-refractivity contribution in [1.29, 1.82) is 0 Å². The molecule has 1 rings (SSSR count). The Kier molecular flexibility index (Phi) is 5.94. The fourth-order valence-corrected chi connectivity index (χ4v) is 1.31. The summed E-state index contributed by atoms with van der Waals surface area (Å²) in [7, 11) is 1.59. The van der Waals surface area contributed by atoms with Gasteiger partial charge < -0.3 is 14.2 Å². The molecule has 0 aliphatic rings. The second-order valence-corrected chi connectivity index (χ2v) is 3.72. The summed E-state index contributed by atoms with van der Waals surface area (Å²) >= 11 is 0. The molecule has 0 radical (unpaired) electrons. The lowest BCUT2D eigenvalue weighted by Crippen LogP contribution is -2.23. The van der Waals surface area contributed by atoms with Gasteiger partial charge in [-0.25, -0.2) is 4.79 Å². The molecule has 0 bridgehead atoms. The number of methoxy groups -OCH3 is 1. The maximum Gasteiger partial charge on any atom is 0.335 e. The topological polar surface area (TPSA) is 44.8 Å². The zero-order valence-electron chi connectivity index (χ0n) is 10.7. The monoisotopic (exact) mass is 250 g/mol. The van der Waals surface area contributed by atoms with Crippen LogP contribution in [0.4, 0.5) is 0 Å². The van der Waals surface area contributed by atoms with Gasteiger partial charge >= 0.3 is 5.97 Å². The first-order valence-corrected chi connectivity index (χ1v) is 5.69. The fourth-order valence-electron chi connectivity index (χ4n) is 1.31. The molecule has 0 spiro atoms. The molecular weight excluding hydrogens is 232 g/mol. The molecule has 0 unspecified atom stereocenters. The first kappa shape index (κ1) is 14.3. The second kappa shape index (κ2) is 7.50. The third-order valence-corrected chi connectivity index (χ3v) is 2.31. The molecule has 98 valence electrons. The van der Waals surface area contributed by atoms with Crippen molar-refractivity contribution in [1.82, 2.24) is 0 Å². The van der Waals surface area contributed by atoms with Crippen LogP contribution in [0.1, 0.15) is 12.5 Å². The minimum absolute atomic E-state index is 0.206. The number of carbonyl (C=O) groups excluding carboxylic acids is 1. The number of rotatable bonds is 7. The first-order chi connectivity index (χ1) is 8.67. The minimum atomic E-state index is -0.589. The van der Waals surface area contributed by atoms with Crippen molar-refractivity contribution in [3.05, 3.63) is 42.5 Å². The molecule has 0 saturated heterocycles. The van der Waals surface area contributed by atoms with Gasteiger partial charge in [0.05, 0.1) is 13.7 Å². The van der Waals surface area contributed by atoms with E-state index >= 15 is 0 Å². The normalized spacial score (nSPS) is 11.7. The maximum absolute atomic E-state index is 11.6. The molecule has 1 aromatic rings. The molecule has 18 heavy (non-hydrogen) atoms. The van der Waals surface area contributed by atoms with Crippen LogP contribution < -0.4 is 4.74 Å². The lowest BCUT2D eigenvalue weighted by atomic mass is 10.2. The molecule has 1 atom stereocenters. The van der Waals surface area contributed by atoms with Gasteiger partial charge in [-0.2, -0.15) is 0 Å². The SMILES string of the molecule is C=CCO[C@H](C)C(=O)OCc1cccc(OC)c1. The Labute approximate surface area is 107 Å². The highest BCUT2D eigenvalue weighted by Crippen LogP contribution is 2.13. The standard InChI is InChI=1S/C14H18O4/c1-4-8-17-11(2)14(15)18-10-12-6-5-7-13(9-12)16-3/h4-7,9,11H,1,8,10H2,2-3H3/t11-/m1/s1. The average Bonchev–Trinajstić information content (AvgIpc) is 2.42. The predicted octanol–water partition coefficient (Wildman–Crippen LogP) is 2.33. The summed E-state index contributed by atoms with van der Waals surface area (Å²) in [5.41, 5.74) is 0.874. The smallest absolute Gasteiger partial charge is 0.335 e. The molecule has 0 aliphatic heterocycles. The number of carbonyl (C=O) groups is 1. The van der Waals surface area contributed by atoms with Gasteiger partial charge in [0.1, 0.15) is 12.4 Å². The maximum atomic E-state index is 11.6. The van der Waals surface area contributed by atoms with E-state index in [2.05, 4.69) is 6.58 Å². The van der Waals surface area contributed by atoms with Gasteiger partial charge in [-0.05, 0) is 24.6 Å². The highest BCUT2D eigenvalue weighted by atomic mass is 16.6. The Morgan fingerprint density at radius 1 is 1.50 bits per heavy atom. The summed E-state index contributed by atoms with van der Waals surface area (Å²) in [6.45, 7) is 5.70. The quantitative estimate of drug-likeness (QED) is 0.550. The lowest BCUT2D eigenvalue weighted by molar-refractivity contribution is -0.156. The zero-order chi connectivity index (χ0) is 13.4. The Morgan fingerprint density at radius 3 is 2.94 bits per heavy atom. The first-order valence-electron chi connectivity index (χ1n) is 5.69. The van der Waals surface area contributed by atoms with Gasteiger partial charge in [-0.3, -0.25) is 0 Å². The van der Waals surface area contributed by atoms with Crippen LogP contribution in [0.25, 0.3) is 0 Å². The summed E-state index contributed by atoms with van der Waals surface area (Å²) in [6, 6.07) is 7.37. The molecular formula is C14H18O4. The van der Waals surface area contributed by atoms with Crippen molar-refractivity contribution < 1.29 is 19.0 Å². The Balaban J connectivity index is 2.43. The fraction of sp³-hybridized carbons (Fsp3) is 0.357. The van der Waals surface area contributed by atoms with Crippen LogP contribution in [0, 0.1) is 0 Å². The number of hydrogen-bond donors (Lipinski definition) is 0. The van der Waals surface area contributed by atoms with E-state index in [0.29, 0.717) is 6.61 Å². The van der Waals surface area contributed by atoms with E-state index in [4.69, 9.17) is 14.2 Å². The molecule has 0 amide bonds. The zero-order valence-corrected chi connectivity index (χ0v) is 10.7. The number of hydrogen-bond acceptors (Lipinski definition) is 4. The van der Waals surface area contributed by atoms with Crippen LogP contribution in [0.2, 0.25) is 0 Å². The third kappa shape index (κ3) is 4.59. The summed E-state index contributed by atoms with van der Waals surface area (Å²) in [5, 5.41) is 0. The van der Waals surface area contributed by atoms with Crippen molar-refractivity contribution in [2.45, 2.75) is 19.6 Å². The van der Waals surface area contributed by atoms with Crippen molar-refractivity contribution in [3.63, 3.8) is 0 Å². The Morgan fingerprint density at radius 2 is 2.28 bits per heavy atom. The van der Waals surface area contributed by atoms with Gasteiger partial charge in [0.15, 0.2) is 6.10 Å². The summed E-state index contributed by atoms with van der Waals surface area (Å²) in [5.74, 6) is 0.346. The number of benzene rings is 1. The number of esters is 1. The van der Waals surface area contributed by atoms with Gasteiger partial charge in [-0.1, -0.05) is 18.2 Å². The van der Waals surface area contributed by atoms with E-state index in [9.17, 15) is 4.79 Å². The van der Waals surface area contributed by atoms with Crippen LogP contribution >= 0.6 is 0 Å². The van der Waals surface area contributed by atoms with Crippen LogP contribution in [0.5, 0.6) is 5.75 Å². The van der Waals surface area contributed by atoms with Crippen LogP contribution in [-0.4, -0.2) is 25.8 Å². The molecule has 1 aromatic carbocycles. The van der Waals surface area contributed by atoms with E-state index in [-0.39, 0.29) is 12.6 Å². The predicted molar refractivity (Wildman–Crippen MR) is 68.4 cm³/mol. The van der Waals surface area contributed by atoms with E-state index in [0.717, 1.165) is 11.3 Å². The van der Waals surface area contributed by atoms with Crippen LogP contribution in [-0.2, 0) is 20.9 Å². The van der Waals surface area contributed by atoms with Crippen LogP contribution in [0.15, 0.2) is 36.9 Å². The molecule has 4 heteroatoms. The highest BCUT2D eigenvalue weighted by Gasteiger charge is 2.14. The molecule has 0 saturated carbocycles. The van der Waals surface area contributed by atoms with E-state index < -0.39 is 6.10 Å². The van der Waals surface area contributed by atoms with E-state index in [1.165, 1.54) is 0 Å². The van der Waals surface area contributed by atoms with Gasteiger partial charge in [0.2, 0.25) is 0 Å². The molecule has 4 nitrogen and oxygen atoms in total. The van der Waals surface area contributed by atoms with E-state index in [1.54, 1.807) is 20.1 Å². The molecule has 0 fully saturated rings. The molecule has 0 aliphatic carbocycles. The lowest BCUT2D eigenvalue weighted by Gasteiger charge is -2.11. The third-order valence-electron chi connectivity index (χ3n) is 2.31. The molecule has 0 N–H and O–H groups in total. The second-order valence-electron chi connectivity index (χ2n) is 3.72. The summed E-state index contributed by atoms with van der Waals surface area (Å²) in [6.07, 6.45) is 1.000. The van der Waals surface area contributed by atoms with Crippen molar-refractivity contribution in [2.24, 2.45) is 0 Å². The minimum Gasteiger partial charge on any atom is -0.497 e.